The molecule has 0 aliphatic carbocycles. The number of imidazole rings is 1. The van der Waals surface area contributed by atoms with Gasteiger partial charge in [0.15, 0.2) is 32.8 Å². The molecule has 3 aromatic rings. The third-order valence-electron chi connectivity index (χ3n) is 6.91. The van der Waals surface area contributed by atoms with E-state index < -0.39 is 27.8 Å². The molecule has 230 valence electrons. The molecule has 1 saturated heterocycles. The number of sulfone groups is 1. The van der Waals surface area contributed by atoms with Crippen molar-refractivity contribution in [1.82, 2.24) is 9.55 Å². The topological polar surface area (TPSA) is 128 Å². The summed E-state index contributed by atoms with van der Waals surface area (Å²) in [6.45, 7) is 4.46. The van der Waals surface area contributed by atoms with Gasteiger partial charge in [0.2, 0.25) is 5.75 Å². The lowest BCUT2D eigenvalue weighted by Gasteiger charge is -2.21. The molecule has 1 aromatic heterocycles. The summed E-state index contributed by atoms with van der Waals surface area (Å²) in [7, 11) is 0.744. The summed E-state index contributed by atoms with van der Waals surface area (Å²) >= 11 is 0. The van der Waals surface area contributed by atoms with Gasteiger partial charge in [-0.2, -0.15) is 0 Å². The predicted molar refractivity (Wildman–Crippen MR) is 156 cm³/mol. The van der Waals surface area contributed by atoms with E-state index in [0.29, 0.717) is 61.0 Å². The maximum Gasteiger partial charge on any atom is 0.203 e. The minimum absolute atomic E-state index is 0.0215. The molecule has 1 aliphatic rings. The van der Waals surface area contributed by atoms with Crippen LogP contribution < -0.4 is 23.7 Å². The quantitative estimate of drug-likeness (QED) is 0.264. The van der Waals surface area contributed by atoms with Crippen LogP contribution in [0.15, 0.2) is 47.9 Å². The van der Waals surface area contributed by atoms with Gasteiger partial charge in [0.1, 0.15) is 11.5 Å². The number of benzene rings is 2. The van der Waals surface area contributed by atoms with E-state index in [1.165, 1.54) is 6.92 Å². The molecule has 0 bridgehead atoms. The van der Waals surface area contributed by atoms with Crippen molar-refractivity contribution in [2.24, 2.45) is 0 Å². The zero-order valence-electron chi connectivity index (χ0n) is 24.7. The van der Waals surface area contributed by atoms with Gasteiger partial charge in [0, 0.05) is 12.4 Å². The second-order valence-electron chi connectivity index (χ2n) is 10.1. The third-order valence-corrected chi connectivity index (χ3v) is 8.80. The molecule has 42 heavy (non-hydrogen) atoms. The molecular weight excluding hydrogens is 564 g/mol. The Bertz CT molecular complexity index is 1400. The number of ether oxygens (including phenoxy) is 6. The van der Waals surface area contributed by atoms with Crippen molar-refractivity contribution in [1.29, 1.82) is 0 Å². The van der Waals surface area contributed by atoms with Crippen LogP contribution in [0.1, 0.15) is 56.4 Å². The van der Waals surface area contributed by atoms with Crippen molar-refractivity contribution in [2.75, 3.05) is 40.3 Å². The number of rotatable bonds is 15. The minimum Gasteiger partial charge on any atom is -0.493 e. The van der Waals surface area contributed by atoms with Gasteiger partial charge in [-0.05, 0) is 61.6 Å². The lowest BCUT2D eigenvalue weighted by atomic mass is 10.0. The van der Waals surface area contributed by atoms with Crippen LogP contribution in [-0.4, -0.2) is 69.5 Å². The average Bonchev–Trinajstić information content (AvgIpc) is 3.67. The molecule has 11 nitrogen and oxygen atoms in total. The molecule has 2 heterocycles. The fraction of sp³-hybridized carbons (Fsp3) is 0.500. The minimum atomic E-state index is -3.93. The smallest absolute Gasteiger partial charge is 0.203 e. The van der Waals surface area contributed by atoms with Gasteiger partial charge in [-0.1, -0.05) is 6.92 Å². The first-order chi connectivity index (χ1) is 20.2. The molecule has 0 radical (unpaired) electrons. The molecule has 1 N–H and O–H groups in total. The fourth-order valence-corrected chi connectivity index (χ4v) is 6.54. The van der Waals surface area contributed by atoms with Crippen molar-refractivity contribution < 1.29 is 41.9 Å². The van der Waals surface area contributed by atoms with Gasteiger partial charge < -0.3 is 38.1 Å². The Morgan fingerprint density at radius 3 is 2.14 bits per heavy atom. The number of nitrogens with zero attached hydrogens (tertiary/aromatic N) is 2. The average molecular weight is 605 g/mol. The van der Waals surface area contributed by atoms with E-state index in [1.807, 2.05) is 29.8 Å². The number of aromatic nitrogens is 2. The maximum atomic E-state index is 13.5. The first kappa shape index (κ1) is 31.5. The summed E-state index contributed by atoms with van der Waals surface area (Å²) in [5.41, 5.74) is 1.50. The monoisotopic (exact) mass is 604 g/mol. The van der Waals surface area contributed by atoms with Gasteiger partial charge in [0.05, 0.1) is 64.9 Å². The number of hydrogen-bond donors (Lipinski definition) is 1. The zero-order valence-corrected chi connectivity index (χ0v) is 25.6. The summed E-state index contributed by atoms with van der Waals surface area (Å²) < 4.78 is 64.0. The summed E-state index contributed by atoms with van der Waals surface area (Å²) in [5.74, 6) is 1.54. The van der Waals surface area contributed by atoms with Crippen LogP contribution in [0.2, 0.25) is 0 Å². The van der Waals surface area contributed by atoms with Gasteiger partial charge >= 0.3 is 0 Å². The van der Waals surface area contributed by atoms with Crippen molar-refractivity contribution in [3.8, 4) is 28.7 Å². The van der Waals surface area contributed by atoms with Crippen LogP contribution in [0.5, 0.6) is 28.7 Å². The molecule has 1 fully saturated rings. The van der Waals surface area contributed by atoms with Crippen molar-refractivity contribution >= 4 is 9.84 Å². The maximum absolute atomic E-state index is 13.5. The highest BCUT2D eigenvalue weighted by Gasteiger charge is 2.33. The number of aliphatic hydroxyl groups is 1. The van der Waals surface area contributed by atoms with Crippen LogP contribution in [0.4, 0.5) is 0 Å². The highest BCUT2D eigenvalue weighted by Crippen LogP contribution is 2.48. The van der Waals surface area contributed by atoms with E-state index >= 15 is 0 Å². The van der Waals surface area contributed by atoms with Crippen molar-refractivity contribution in [3.63, 3.8) is 0 Å². The van der Waals surface area contributed by atoms with E-state index in [9.17, 15) is 13.5 Å². The normalized spacial score (nSPS) is 17.6. The second-order valence-corrected chi connectivity index (χ2v) is 12.1. The molecule has 12 heteroatoms. The Morgan fingerprint density at radius 2 is 1.60 bits per heavy atom. The van der Waals surface area contributed by atoms with Crippen LogP contribution in [-0.2, 0) is 21.1 Å². The Hall–Kier alpha value is -3.48. The largest absolute Gasteiger partial charge is 0.493 e. The third kappa shape index (κ3) is 7.29. The van der Waals surface area contributed by atoms with E-state index in [1.54, 1.807) is 46.0 Å². The lowest BCUT2D eigenvalue weighted by Crippen LogP contribution is -2.20. The summed E-state index contributed by atoms with van der Waals surface area (Å²) in [4.78, 5) is 4.03. The number of methoxy groups -OCH3 is 3. The predicted octanol–water partition coefficient (Wildman–Crippen LogP) is 4.52. The van der Waals surface area contributed by atoms with E-state index in [4.69, 9.17) is 28.4 Å². The SMILES string of the molecule is CCCOc1c(OCCn2ccnc2)cc(C2CCC(c3cc(OC)c(OC)c(OC)c3)O2)cc1S(=O)(=O)CC(C)O. The van der Waals surface area contributed by atoms with Crippen LogP contribution >= 0.6 is 0 Å². The molecule has 2 aromatic carbocycles. The molecule has 3 unspecified atom stereocenters. The van der Waals surface area contributed by atoms with E-state index in [-0.39, 0.29) is 23.4 Å². The Balaban J connectivity index is 1.70. The Kier molecular flexibility index (Phi) is 10.6. The molecule has 3 atom stereocenters. The molecule has 1 aliphatic heterocycles. The van der Waals surface area contributed by atoms with Gasteiger partial charge in [-0.25, -0.2) is 13.4 Å². The molecule has 0 spiro atoms. The Morgan fingerprint density at radius 1 is 0.952 bits per heavy atom. The van der Waals surface area contributed by atoms with Crippen molar-refractivity contribution in [3.05, 3.63) is 54.1 Å². The highest BCUT2D eigenvalue weighted by atomic mass is 32.2. The van der Waals surface area contributed by atoms with Crippen LogP contribution in [0, 0.1) is 0 Å². The van der Waals surface area contributed by atoms with Gasteiger partial charge in [-0.3, -0.25) is 0 Å². The second kappa shape index (κ2) is 14.1. The number of hydrogen-bond acceptors (Lipinski definition) is 10. The van der Waals surface area contributed by atoms with E-state index in [0.717, 1.165) is 5.56 Å². The fourth-order valence-electron chi connectivity index (χ4n) is 4.97. The molecule has 0 amide bonds. The van der Waals surface area contributed by atoms with Gasteiger partial charge in [-0.15, -0.1) is 0 Å². The number of aliphatic hydroxyl groups excluding tert-OH is 1. The molecule has 0 saturated carbocycles. The summed E-state index contributed by atoms with van der Waals surface area (Å²) in [5, 5.41) is 9.98. The van der Waals surface area contributed by atoms with Crippen LogP contribution in [0.25, 0.3) is 0 Å². The van der Waals surface area contributed by atoms with Crippen LogP contribution in [0.3, 0.4) is 0 Å². The summed E-state index contributed by atoms with van der Waals surface area (Å²) in [6, 6.07) is 7.11. The zero-order chi connectivity index (χ0) is 30.3. The summed E-state index contributed by atoms with van der Waals surface area (Å²) in [6.07, 6.45) is 5.42. The highest BCUT2D eigenvalue weighted by molar-refractivity contribution is 7.91. The van der Waals surface area contributed by atoms with E-state index in [2.05, 4.69) is 4.98 Å². The first-order valence-corrected chi connectivity index (χ1v) is 15.6. The standard InChI is InChI=1S/C30H40N2O9S/c1-6-12-40-30-27(39-13-11-32-10-9-31-19-32)16-22(17-28(30)42(34,35)18-20(2)33)24-8-7-23(41-24)21-14-25(36-3)29(38-5)26(15-21)37-4/h9-10,14-17,19-20,23-24,33H,6-8,11-13,18H2,1-5H3. The van der Waals surface area contributed by atoms with Crippen molar-refractivity contribution in [2.45, 2.75) is 62.9 Å². The Labute approximate surface area is 247 Å². The molecule has 4 rings (SSSR count). The molecular formula is C30H40N2O9S. The lowest BCUT2D eigenvalue weighted by molar-refractivity contribution is 0.0434. The first-order valence-electron chi connectivity index (χ1n) is 14.0. The van der Waals surface area contributed by atoms with Gasteiger partial charge in [0.25, 0.3) is 0 Å².